The first-order valence-corrected chi connectivity index (χ1v) is 5.91. The van der Waals surface area contributed by atoms with Crippen LogP contribution in [0, 0.1) is 0 Å². The number of aromatic nitrogens is 1. The molecule has 0 fully saturated rings. The zero-order chi connectivity index (χ0) is 10.7. The van der Waals surface area contributed by atoms with Crippen molar-refractivity contribution in [3.8, 4) is 10.4 Å². The van der Waals surface area contributed by atoms with Crippen molar-refractivity contribution in [2.45, 2.75) is 19.9 Å². The molecule has 0 aliphatic rings. The molecule has 3 heteroatoms. The maximum atomic E-state index is 5.70. The van der Waals surface area contributed by atoms with Crippen molar-refractivity contribution in [3.63, 3.8) is 0 Å². The molecule has 0 radical (unpaired) electrons. The van der Waals surface area contributed by atoms with Crippen molar-refractivity contribution < 1.29 is 0 Å². The van der Waals surface area contributed by atoms with Crippen LogP contribution in [0.15, 0.2) is 30.3 Å². The lowest BCUT2D eigenvalue weighted by Gasteiger charge is -1.98. The Balaban J connectivity index is 2.47. The number of benzene rings is 1. The molecule has 0 unspecified atom stereocenters. The number of hydrogen-bond donors (Lipinski definition) is 1. The second kappa shape index (κ2) is 4.55. The Kier molecular flexibility index (Phi) is 3.14. The second-order valence-corrected chi connectivity index (χ2v) is 4.39. The molecule has 2 nitrogen and oxygen atoms in total. The summed E-state index contributed by atoms with van der Waals surface area (Å²) >= 11 is 1.75. The van der Waals surface area contributed by atoms with Gasteiger partial charge < -0.3 is 5.73 Å². The Morgan fingerprint density at radius 2 is 2.00 bits per heavy atom. The van der Waals surface area contributed by atoms with Gasteiger partial charge in [0.05, 0.1) is 15.6 Å². The fourth-order valence-corrected chi connectivity index (χ4v) is 2.54. The van der Waals surface area contributed by atoms with Crippen molar-refractivity contribution in [2.75, 3.05) is 0 Å². The molecule has 0 spiro atoms. The van der Waals surface area contributed by atoms with Crippen LogP contribution in [0.4, 0.5) is 0 Å². The van der Waals surface area contributed by atoms with Gasteiger partial charge in [-0.3, -0.25) is 0 Å². The van der Waals surface area contributed by atoms with Crippen LogP contribution in [0.5, 0.6) is 0 Å². The zero-order valence-electron chi connectivity index (χ0n) is 8.73. The van der Waals surface area contributed by atoms with Gasteiger partial charge in [-0.05, 0) is 12.0 Å². The first kappa shape index (κ1) is 10.3. The number of nitrogens with two attached hydrogens (primary N) is 1. The monoisotopic (exact) mass is 218 g/mol. The van der Waals surface area contributed by atoms with Crippen LogP contribution in [0.1, 0.15) is 17.6 Å². The smallest absolute Gasteiger partial charge is 0.0932 e. The highest BCUT2D eigenvalue weighted by Gasteiger charge is 2.09. The predicted octanol–water partition coefficient (Wildman–Crippen LogP) is 2.83. The summed E-state index contributed by atoms with van der Waals surface area (Å²) in [4.78, 5) is 5.73. The summed E-state index contributed by atoms with van der Waals surface area (Å²) in [6.07, 6.45) is 0.977. The zero-order valence-corrected chi connectivity index (χ0v) is 9.55. The molecule has 0 saturated carbocycles. The topological polar surface area (TPSA) is 38.9 Å². The van der Waals surface area contributed by atoms with Gasteiger partial charge in [-0.2, -0.15) is 0 Å². The van der Waals surface area contributed by atoms with Crippen LogP contribution in [-0.2, 0) is 13.0 Å². The van der Waals surface area contributed by atoms with Crippen molar-refractivity contribution in [1.82, 2.24) is 4.98 Å². The van der Waals surface area contributed by atoms with Crippen LogP contribution < -0.4 is 5.73 Å². The van der Waals surface area contributed by atoms with Crippen LogP contribution >= 0.6 is 11.3 Å². The van der Waals surface area contributed by atoms with E-state index in [-0.39, 0.29) is 0 Å². The van der Waals surface area contributed by atoms with Crippen molar-refractivity contribution >= 4 is 11.3 Å². The van der Waals surface area contributed by atoms with Gasteiger partial charge in [-0.1, -0.05) is 37.3 Å². The van der Waals surface area contributed by atoms with Gasteiger partial charge in [0, 0.05) is 6.54 Å². The highest BCUT2D eigenvalue weighted by atomic mass is 32.1. The van der Waals surface area contributed by atoms with E-state index in [1.165, 1.54) is 10.4 Å². The van der Waals surface area contributed by atoms with E-state index in [1.54, 1.807) is 11.3 Å². The SMILES string of the molecule is CCc1nc(CN)c(-c2ccccc2)s1. The average Bonchev–Trinajstić information content (AvgIpc) is 2.73. The lowest BCUT2D eigenvalue weighted by molar-refractivity contribution is 0.974. The third-order valence-electron chi connectivity index (χ3n) is 2.27. The van der Waals surface area contributed by atoms with E-state index in [0.717, 1.165) is 17.1 Å². The van der Waals surface area contributed by atoms with Gasteiger partial charge in [0.2, 0.25) is 0 Å². The normalized spacial score (nSPS) is 10.5. The fourth-order valence-electron chi connectivity index (χ4n) is 1.51. The molecule has 2 aromatic rings. The molecule has 15 heavy (non-hydrogen) atoms. The van der Waals surface area contributed by atoms with Crippen LogP contribution in [0.2, 0.25) is 0 Å². The quantitative estimate of drug-likeness (QED) is 0.860. The Labute approximate surface area is 93.8 Å². The molecule has 1 aromatic carbocycles. The minimum Gasteiger partial charge on any atom is -0.325 e. The number of thiazole rings is 1. The Bertz CT molecular complexity index is 434. The van der Waals surface area contributed by atoms with E-state index >= 15 is 0 Å². The third-order valence-corrected chi connectivity index (χ3v) is 3.56. The van der Waals surface area contributed by atoms with E-state index in [1.807, 2.05) is 18.2 Å². The molecule has 0 amide bonds. The fraction of sp³-hybridized carbons (Fsp3) is 0.250. The van der Waals surface area contributed by atoms with Gasteiger partial charge in [0.25, 0.3) is 0 Å². The van der Waals surface area contributed by atoms with Crippen LogP contribution in [-0.4, -0.2) is 4.98 Å². The summed E-state index contributed by atoms with van der Waals surface area (Å²) in [5.41, 5.74) is 7.93. The summed E-state index contributed by atoms with van der Waals surface area (Å²) < 4.78 is 0. The Morgan fingerprint density at radius 1 is 1.27 bits per heavy atom. The van der Waals surface area contributed by atoms with E-state index < -0.39 is 0 Å². The largest absolute Gasteiger partial charge is 0.325 e. The van der Waals surface area contributed by atoms with E-state index in [9.17, 15) is 0 Å². The lowest BCUT2D eigenvalue weighted by Crippen LogP contribution is -1.98. The minimum atomic E-state index is 0.515. The van der Waals surface area contributed by atoms with Gasteiger partial charge in [-0.25, -0.2) is 4.98 Å². The van der Waals surface area contributed by atoms with Gasteiger partial charge in [0.15, 0.2) is 0 Å². The average molecular weight is 218 g/mol. The minimum absolute atomic E-state index is 0.515. The number of nitrogens with zero attached hydrogens (tertiary/aromatic N) is 1. The Morgan fingerprint density at radius 3 is 2.60 bits per heavy atom. The summed E-state index contributed by atoms with van der Waals surface area (Å²) in [5.74, 6) is 0. The summed E-state index contributed by atoms with van der Waals surface area (Å²) in [5, 5.41) is 1.16. The van der Waals surface area contributed by atoms with Gasteiger partial charge in [-0.15, -0.1) is 11.3 Å². The second-order valence-electron chi connectivity index (χ2n) is 3.31. The molecule has 1 aromatic heterocycles. The number of aryl methyl sites for hydroxylation is 1. The Hall–Kier alpha value is -1.19. The summed E-state index contributed by atoms with van der Waals surface area (Å²) in [7, 11) is 0. The van der Waals surface area contributed by atoms with E-state index in [0.29, 0.717) is 6.54 Å². The van der Waals surface area contributed by atoms with Crippen LogP contribution in [0.25, 0.3) is 10.4 Å². The van der Waals surface area contributed by atoms with Crippen molar-refractivity contribution in [3.05, 3.63) is 41.0 Å². The van der Waals surface area contributed by atoms with E-state index in [4.69, 9.17) is 5.73 Å². The molecular formula is C12H14N2S. The van der Waals surface area contributed by atoms with E-state index in [2.05, 4.69) is 24.0 Å². The molecule has 2 rings (SSSR count). The van der Waals surface area contributed by atoms with Crippen molar-refractivity contribution in [2.24, 2.45) is 5.73 Å². The lowest BCUT2D eigenvalue weighted by atomic mass is 10.1. The first-order chi connectivity index (χ1) is 7.35. The highest BCUT2D eigenvalue weighted by molar-refractivity contribution is 7.15. The third kappa shape index (κ3) is 2.08. The maximum Gasteiger partial charge on any atom is 0.0932 e. The molecule has 0 bridgehead atoms. The van der Waals surface area contributed by atoms with Crippen LogP contribution in [0.3, 0.4) is 0 Å². The molecule has 0 atom stereocenters. The van der Waals surface area contributed by atoms with Gasteiger partial charge in [0.1, 0.15) is 0 Å². The van der Waals surface area contributed by atoms with Crippen molar-refractivity contribution in [1.29, 1.82) is 0 Å². The summed E-state index contributed by atoms with van der Waals surface area (Å²) in [6, 6.07) is 10.3. The summed E-state index contributed by atoms with van der Waals surface area (Å²) in [6.45, 7) is 2.63. The highest BCUT2D eigenvalue weighted by Crippen LogP contribution is 2.30. The predicted molar refractivity (Wildman–Crippen MR) is 64.8 cm³/mol. The first-order valence-electron chi connectivity index (χ1n) is 5.09. The molecule has 2 N–H and O–H groups in total. The molecule has 1 heterocycles. The number of rotatable bonds is 3. The molecule has 78 valence electrons. The standard InChI is InChI=1S/C12H14N2S/c1-2-11-14-10(8-13)12(15-11)9-6-4-3-5-7-9/h3-7H,2,8,13H2,1H3. The maximum absolute atomic E-state index is 5.70. The molecule has 0 aliphatic carbocycles. The molecular weight excluding hydrogens is 204 g/mol. The molecule has 0 saturated heterocycles. The van der Waals surface area contributed by atoms with Gasteiger partial charge >= 0.3 is 0 Å². The molecule has 0 aliphatic heterocycles. The number of hydrogen-bond acceptors (Lipinski definition) is 3.